The fourth-order valence-electron chi connectivity index (χ4n) is 1.99. The molecule has 5 nitrogen and oxygen atoms in total. The van der Waals surface area contributed by atoms with Crippen molar-refractivity contribution in [3.05, 3.63) is 54.6 Å². The summed E-state index contributed by atoms with van der Waals surface area (Å²) in [4.78, 5) is 11.7. The zero-order chi connectivity index (χ0) is 14.5. The molecule has 0 saturated carbocycles. The lowest BCUT2D eigenvalue weighted by Gasteiger charge is -2.26. The van der Waals surface area contributed by atoms with Crippen molar-refractivity contribution in [2.75, 3.05) is 18.5 Å². The number of carbonyl (C=O) groups excluding carboxylic acids is 1. The molecule has 1 aliphatic heterocycles. The molecule has 0 spiro atoms. The maximum Gasteiger partial charge on any atom is 0.411 e. The van der Waals surface area contributed by atoms with E-state index in [4.69, 9.17) is 14.2 Å². The van der Waals surface area contributed by atoms with Gasteiger partial charge < -0.3 is 14.2 Å². The SMILES string of the molecule is O=C(Nc1ccccc1)OCC1COc2ccccc2O1. The van der Waals surface area contributed by atoms with Crippen LogP contribution in [-0.4, -0.2) is 25.4 Å². The number of nitrogens with one attached hydrogen (secondary N) is 1. The van der Waals surface area contributed by atoms with Gasteiger partial charge in [0.1, 0.15) is 13.2 Å². The fraction of sp³-hybridized carbons (Fsp3) is 0.188. The first-order valence-electron chi connectivity index (χ1n) is 6.68. The van der Waals surface area contributed by atoms with E-state index in [1.807, 2.05) is 42.5 Å². The molecule has 0 fully saturated rings. The van der Waals surface area contributed by atoms with Crippen molar-refractivity contribution in [1.29, 1.82) is 0 Å². The Bertz CT molecular complexity index is 615. The summed E-state index contributed by atoms with van der Waals surface area (Å²) >= 11 is 0. The fourth-order valence-corrected chi connectivity index (χ4v) is 1.99. The second-order valence-electron chi connectivity index (χ2n) is 4.59. The van der Waals surface area contributed by atoms with E-state index in [-0.39, 0.29) is 12.7 Å². The van der Waals surface area contributed by atoms with Gasteiger partial charge in [-0.25, -0.2) is 4.79 Å². The highest BCUT2D eigenvalue weighted by molar-refractivity contribution is 5.84. The Balaban J connectivity index is 1.49. The summed E-state index contributed by atoms with van der Waals surface area (Å²) in [6, 6.07) is 16.5. The number of hydrogen-bond acceptors (Lipinski definition) is 4. The lowest BCUT2D eigenvalue weighted by molar-refractivity contribution is 0.0373. The third kappa shape index (κ3) is 3.45. The Morgan fingerprint density at radius 1 is 1.10 bits per heavy atom. The summed E-state index contributed by atoms with van der Waals surface area (Å²) in [5.74, 6) is 1.38. The van der Waals surface area contributed by atoms with E-state index in [2.05, 4.69) is 5.32 Å². The van der Waals surface area contributed by atoms with Crippen LogP contribution in [0.15, 0.2) is 54.6 Å². The summed E-state index contributed by atoms with van der Waals surface area (Å²) in [6.45, 7) is 0.489. The molecule has 1 unspecified atom stereocenters. The maximum atomic E-state index is 11.7. The minimum absolute atomic E-state index is 0.132. The molecule has 1 atom stereocenters. The molecule has 0 aromatic heterocycles. The Hall–Kier alpha value is -2.69. The molecular weight excluding hydrogens is 270 g/mol. The quantitative estimate of drug-likeness (QED) is 0.941. The normalized spacial score (nSPS) is 16.1. The Kier molecular flexibility index (Phi) is 3.91. The van der Waals surface area contributed by atoms with E-state index in [0.717, 1.165) is 0 Å². The number of carbonyl (C=O) groups is 1. The lowest BCUT2D eigenvalue weighted by Crippen LogP contribution is -2.34. The second kappa shape index (κ2) is 6.17. The zero-order valence-electron chi connectivity index (χ0n) is 11.3. The van der Waals surface area contributed by atoms with Crippen molar-refractivity contribution in [3.63, 3.8) is 0 Å². The van der Waals surface area contributed by atoms with Crippen LogP contribution in [0.3, 0.4) is 0 Å². The highest BCUT2D eigenvalue weighted by atomic mass is 16.6. The number of rotatable bonds is 3. The Morgan fingerprint density at radius 3 is 2.62 bits per heavy atom. The third-order valence-corrected chi connectivity index (χ3v) is 2.99. The van der Waals surface area contributed by atoms with Gasteiger partial charge in [-0.3, -0.25) is 5.32 Å². The molecule has 1 amide bonds. The van der Waals surface area contributed by atoms with E-state index in [9.17, 15) is 4.79 Å². The molecule has 2 aromatic rings. The van der Waals surface area contributed by atoms with Gasteiger partial charge in [0.2, 0.25) is 0 Å². The van der Waals surface area contributed by atoms with Gasteiger partial charge in [-0.1, -0.05) is 30.3 Å². The smallest absolute Gasteiger partial charge is 0.411 e. The molecule has 1 N–H and O–H groups in total. The van der Waals surface area contributed by atoms with E-state index < -0.39 is 6.09 Å². The van der Waals surface area contributed by atoms with Crippen LogP contribution < -0.4 is 14.8 Å². The van der Waals surface area contributed by atoms with E-state index in [1.54, 1.807) is 12.1 Å². The highest BCUT2D eigenvalue weighted by Crippen LogP contribution is 2.30. The van der Waals surface area contributed by atoms with Crippen LogP contribution in [0.25, 0.3) is 0 Å². The van der Waals surface area contributed by atoms with Crippen molar-refractivity contribution in [2.45, 2.75) is 6.10 Å². The Morgan fingerprint density at radius 2 is 1.81 bits per heavy atom. The van der Waals surface area contributed by atoms with Crippen LogP contribution in [0.5, 0.6) is 11.5 Å². The van der Waals surface area contributed by atoms with E-state index in [0.29, 0.717) is 23.8 Å². The van der Waals surface area contributed by atoms with E-state index in [1.165, 1.54) is 0 Å². The predicted octanol–water partition coefficient (Wildman–Crippen LogP) is 3.08. The molecule has 1 aliphatic rings. The standard InChI is InChI=1S/C16H15NO4/c18-16(17-12-6-2-1-3-7-12)20-11-13-10-19-14-8-4-5-9-15(14)21-13/h1-9,13H,10-11H2,(H,17,18). The van der Waals surface area contributed by atoms with E-state index >= 15 is 0 Å². The van der Waals surface area contributed by atoms with Crippen molar-refractivity contribution >= 4 is 11.8 Å². The molecule has 0 saturated heterocycles. The van der Waals surface area contributed by atoms with Gasteiger partial charge in [-0.05, 0) is 24.3 Å². The van der Waals surface area contributed by atoms with Crippen LogP contribution in [0, 0.1) is 0 Å². The largest absolute Gasteiger partial charge is 0.486 e. The summed E-state index contributed by atoms with van der Waals surface area (Å²) in [7, 11) is 0. The number of anilines is 1. The van der Waals surface area contributed by atoms with Crippen LogP contribution in [0.4, 0.5) is 10.5 Å². The van der Waals surface area contributed by atoms with Crippen molar-refractivity contribution < 1.29 is 19.0 Å². The molecule has 21 heavy (non-hydrogen) atoms. The van der Waals surface area contributed by atoms with Gasteiger partial charge in [-0.15, -0.1) is 0 Å². The minimum atomic E-state index is -0.511. The summed E-state index contributed by atoms with van der Waals surface area (Å²) < 4.78 is 16.4. The maximum absolute atomic E-state index is 11.7. The summed E-state index contributed by atoms with van der Waals surface area (Å²) in [6.07, 6.45) is -0.815. The molecule has 0 aliphatic carbocycles. The van der Waals surface area contributed by atoms with Gasteiger partial charge in [0.05, 0.1) is 0 Å². The molecule has 108 valence electrons. The lowest BCUT2D eigenvalue weighted by atomic mass is 10.3. The average molecular weight is 285 g/mol. The highest BCUT2D eigenvalue weighted by Gasteiger charge is 2.21. The number of hydrogen-bond donors (Lipinski definition) is 1. The number of amides is 1. The van der Waals surface area contributed by atoms with Gasteiger partial charge in [0.15, 0.2) is 17.6 Å². The van der Waals surface area contributed by atoms with Crippen LogP contribution in [0.1, 0.15) is 0 Å². The number of fused-ring (bicyclic) bond motifs is 1. The zero-order valence-corrected chi connectivity index (χ0v) is 11.3. The average Bonchev–Trinajstić information content (AvgIpc) is 2.54. The molecule has 0 radical (unpaired) electrons. The Labute approximate surface area is 122 Å². The third-order valence-electron chi connectivity index (χ3n) is 2.99. The molecule has 0 bridgehead atoms. The predicted molar refractivity (Wildman–Crippen MR) is 77.8 cm³/mol. The van der Waals surface area contributed by atoms with Gasteiger partial charge in [0, 0.05) is 5.69 Å². The van der Waals surface area contributed by atoms with Crippen LogP contribution in [-0.2, 0) is 4.74 Å². The first-order valence-corrected chi connectivity index (χ1v) is 6.68. The molecule has 2 aromatic carbocycles. The molecular formula is C16H15NO4. The first-order chi connectivity index (χ1) is 10.3. The van der Waals surface area contributed by atoms with Gasteiger partial charge >= 0.3 is 6.09 Å². The molecule has 1 heterocycles. The van der Waals surface area contributed by atoms with Gasteiger partial charge in [-0.2, -0.15) is 0 Å². The van der Waals surface area contributed by atoms with Crippen LogP contribution in [0.2, 0.25) is 0 Å². The minimum Gasteiger partial charge on any atom is -0.486 e. The molecule has 5 heteroatoms. The summed E-state index contributed by atoms with van der Waals surface area (Å²) in [5.41, 5.74) is 0.689. The van der Waals surface area contributed by atoms with Crippen molar-refractivity contribution in [2.24, 2.45) is 0 Å². The topological polar surface area (TPSA) is 56.8 Å². The first kappa shape index (κ1) is 13.3. The number of benzene rings is 2. The van der Waals surface area contributed by atoms with Crippen molar-refractivity contribution in [3.8, 4) is 11.5 Å². The van der Waals surface area contributed by atoms with Gasteiger partial charge in [0.25, 0.3) is 0 Å². The number of para-hydroxylation sites is 3. The van der Waals surface area contributed by atoms with Crippen molar-refractivity contribution in [1.82, 2.24) is 0 Å². The van der Waals surface area contributed by atoms with Crippen LogP contribution >= 0.6 is 0 Å². The molecule has 3 rings (SSSR count). The number of ether oxygens (including phenoxy) is 3. The second-order valence-corrected chi connectivity index (χ2v) is 4.59. The summed E-state index contributed by atoms with van der Waals surface area (Å²) in [5, 5.41) is 2.64. The monoisotopic (exact) mass is 285 g/mol.